The van der Waals surface area contributed by atoms with Gasteiger partial charge in [0.05, 0.1) is 13.0 Å². The summed E-state index contributed by atoms with van der Waals surface area (Å²) in [4.78, 5) is 0. The van der Waals surface area contributed by atoms with Crippen LogP contribution < -0.4 is 0 Å². The summed E-state index contributed by atoms with van der Waals surface area (Å²) in [6.07, 6.45) is 3.35. The molecule has 74 valence electrons. The van der Waals surface area contributed by atoms with Crippen LogP contribution in [-0.2, 0) is 11.2 Å². The van der Waals surface area contributed by atoms with E-state index < -0.39 is 0 Å². The lowest BCUT2D eigenvalue weighted by molar-refractivity contribution is 0.370. The molecule has 2 heteroatoms. The van der Waals surface area contributed by atoms with Gasteiger partial charge in [0.1, 0.15) is 0 Å². The molecule has 0 bridgehead atoms. The highest BCUT2D eigenvalue weighted by atomic mass is 16.5. The van der Waals surface area contributed by atoms with Crippen molar-refractivity contribution >= 4 is 5.90 Å². The van der Waals surface area contributed by atoms with E-state index >= 15 is 0 Å². The first-order valence-electron chi connectivity index (χ1n) is 5.03. The van der Waals surface area contributed by atoms with Gasteiger partial charge in [-0.25, -0.2) is 0 Å². The van der Waals surface area contributed by atoms with E-state index in [-0.39, 0.29) is 5.92 Å². The fourth-order valence-electron chi connectivity index (χ4n) is 2.17. The third kappa shape index (κ3) is 1.52. The maximum absolute atomic E-state index is 7.74. The molecule has 1 atom stereocenters. The summed E-state index contributed by atoms with van der Waals surface area (Å²) < 4.78 is 5.03. The summed E-state index contributed by atoms with van der Waals surface area (Å²) >= 11 is 0. The molecule has 2 nitrogen and oxygen atoms in total. The molecular weight excluding hydrogens is 174 g/mol. The van der Waals surface area contributed by atoms with Crippen molar-refractivity contribution in [3.8, 4) is 0 Å². The summed E-state index contributed by atoms with van der Waals surface area (Å²) in [6, 6.07) is 8.38. The van der Waals surface area contributed by atoms with Crippen LogP contribution in [0.3, 0.4) is 0 Å². The molecule has 1 aromatic rings. The third-order valence-corrected chi connectivity index (χ3v) is 2.91. The molecule has 2 rings (SSSR count). The van der Waals surface area contributed by atoms with Crippen LogP contribution in [0.25, 0.3) is 0 Å². The number of benzene rings is 1. The Kier molecular flexibility index (Phi) is 2.53. The van der Waals surface area contributed by atoms with Gasteiger partial charge in [-0.05, 0) is 30.4 Å². The van der Waals surface area contributed by atoms with Crippen LogP contribution >= 0.6 is 0 Å². The van der Waals surface area contributed by atoms with E-state index in [1.165, 1.54) is 11.1 Å². The Morgan fingerprint density at radius 1 is 1.43 bits per heavy atom. The fraction of sp³-hybridized carbons (Fsp3) is 0.417. The number of nitrogens with one attached hydrogen (secondary N) is 1. The van der Waals surface area contributed by atoms with Gasteiger partial charge in [-0.3, -0.25) is 5.41 Å². The largest absolute Gasteiger partial charge is 0.484 e. The lowest BCUT2D eigenvalue weighted by atomic mass is 9.83. The summed E-state index contributed by atoms with van der Waals surface area (Å²) in [7, 11) is 1.58. The molecule has 1 N–H and O–H groups in total. The molecule has 0 aliphatic heterocycles. The van der Waals surface area contributed by atoms with Gasteiger partial charge in [-0.15, -0.1) is 0 Å². The zero-order valence-corrected chi connectivity index (χ0v) is 8.42. The predicted molar refractivity (Wildman–Crippen MR) is 56.9 cm³/mol. The van der Waals surface area contributed by atoms with E-state index in [0.717, 1.165) is 19.3 Å². The Morgan fingerprint density at radius 3 is 3.00 bits per heavy atom. The number of rotatable bonds is 1. The van der Waals surface area contributed by atoms with Gasteiger partial charge in [0.2, 0.25) is 0 Å². The average molecular weight is 189 g/mol. The van der Waals surface area contributed by atoms with E-state index in [2.05, 4.69) is 18.2 Å². The second-order valence-corrected chi connectivity index (χ2v) is 3.71. The lowest BCUT2D eigenvalue weighted by Crippen LogP contribution is -2.18. The standard InChI is InChI=1S/C12H15NO/c1-14-12(13)11-8-4-6-9-5-2-3-7-10(9)11/h2-3,5,7,11,13H,4,6,8H2,1H3. The molecule has 0 aromatic heterocycles. The van der Waals surface area contributed by atoms with Crippen molar-refractivity contribution in [2.24, 2.45) is 0 Å². The van der Waals surface area contributed by atoms with Crippen molar-refractivity contribution in [1.29, 1.82) is 5.41 Å². The molecule has 1 aromatic carbocycles. The molecule has 0 amide bonds. The first-order valence-corrected chi connectivity index (χ1v) is 5.03. The average Bonchev–Trinajstić information content (AvgIpc) is 2.27. The van der Waals surface area contributed by atoms with Crippen LogP contribution in [0.2, 0.25) is 0 Å². The van der Waals surface area contributed by atoms with Crippen molar-refractivity contribution in [2.45, 2.75) is 25.2 Å². The summed E-state index contributed by atoms with van der Waals surface area (Å²) in [5, 5.41) is 7.74. The summed E-state index contributed by atoms with van der Waals surface area (Å²) in [5.74, 6) is 0.585. The molecule has 1 aliphatic rings. The quantitative estimate of drug-likeness (QED) is 0.534. The highest BCUT2D eigenvalue weighted by molar-refractivity contribution is 5.81. The lowest BCUT2D eigenvalue weighted by Gasteiger charge is -2.24. The topological polar surface area (TPSA) is 33.1 Å². The maximum atomic E-state index is 7.74. The molecule has 14 heavy (non-hydrogen) atoms. The molecule has 1 aliphatic carbocycles. The molecule has 0 fully saturated rings. The minimum absolute atomic E-state index is 0.185. The van der Waals surface area contributed by atoms with E-state index in [1.54, 1.807) is 7.11 Å². The highest BCUT2D eigenvalue weighted by Crippen LogP contribution is 2.32. The number of aryl methyl sites for hydroxylation is 1. The van der Waals surface area contributed by atoms with Crippen molar-refractivity contribution in [3.05, 3.63) is 35.4 Å². The Balaban J connectivity index is 2.35. The van der Waals surface area contributed by atoms with E-state index in [9.17, 15) is 0 Å². The third-order valence-electron chi connectivity index (χ3n) is 2.91. The van der Waals surface area contributed by atoms with Gasteiger partial charge in [-0.1, -0.05) is 24.3 Å². The van der Waals surface area contributed by atoms with Gasteiger partial charge >= 0.3 is 0 Å². The Labute approximate surface area is 84.4 Å². The van der Waals surface area contributed by atoms with Crippen LogP contribution in [0.1, 0.15) is 29.9 Å². The van der Waals surface area contributed by atoms with E-state index in [0.29, 0.717) is 5.90 Å². The smallest absolute Gasteiger partial charge is 0.187 e. The van der Waals surface area contributed by atoms with Crippen molar-refractivity contribution in [2.75, 3.05) is 7.11 Å². The first-order chi connectivity index (χ1) is 6.83. The van der Waals surface area contributed by atoms with Crippen LogP contribution in [0.5, 0.6) is 0 Å². The van der Waals surface area contributed by atoms with E-state index in [1.807, 2.05) is 6.07 Å². The van der Waals surface area contributed by atoms with Crippen LogP contribution in [-0.4, -0.2) is 13.0 Å². The molecule has 1 unspecified atom stereocenters. The van der Waals surface area contributed by atoms with Gasteiger partial charge in [-0.2, -0.15) is 0 Å². The number of fused-ring (bicyclic) bond motifs is 1. The Morgan fingerprint density at radius 2 is 2.21 bits per heavy atom. The van der Waals surface area contributed by atoms with Crippen molar-refractivity contribution in [3.63, 3.8) is 0 Å². The number of ether oxygens (including phenoxy) is 1. The van der Waals surface area contributed by atoms with Gasteiger partial charge in [0.25, 0.3) is 0 Å². The number of methoxy groups -OCH3 is 1. The van der Waals surface area contributed by atoms with Crippen LogP contribution in [0.4, 0.5) is 0 Å². The number of hydrogen-bond donors (Lipinski definition) is 1. The predicted octanol–water partition coefficient (Wildman–Crippen LogP) is 2.73. The molecule has 0 saturated heterocycles. The van der Waals surface area contributed by atoms with Gasteiger partial charge in [0.15, 0.2) is 5.90 Å². The Hall–Kier alpha value is -1.31. The van der Waals surface area contributed by atoms with Crippen LogP contribution in [0, 0.1) is 5.41 Å². The van der Waals surface area contributed by atoms with Crippen LogP contribution in [0.15, 0.2) is 24.3 Å². The minimum atomic E-state index is 0.185. The highest BCUT2D eigenvalue weighted by Gasteiger charge is 2.23. The number of hydrogen-bond acceptors (Lipinski definition) is 2. The zero-order valence-electron chi connectivity index (χ0n) is 8.42. The van der Waals surface area contributed by atoms with Crippen molar-refractivity contribution < 1.29 is 4.74 Å². The van der Waals surface area contributed by atoms with Crippen molar-refractivity contribution in [1.82, 2.24) is 0 Å². The second-order valence-electron chi connectivity index (χ2n) is 3.71. The minimum Gasteiger partial charge on any atom is -0.484 e. The monoisotopic (exact) mass is 189 g/mol. The molecule has 0 heterocycles. The fourth-order valence-corrected chi connectivity index (χ4v) is 2.17. The first kappa shape index (κ1) is 9.25. The van der Waals surface area contributed by atoms with Gasteiger partial charge in [0, 0.05) is 0 Å². The normalized spacial score (nSPS) is 19.9. The maximum Gasteiger partial charge on any atom is 0.187 e. The summed E-state index contributed by atoms with van der Waals surface area (Å²) in [6.45, 7) is 0. The summed E-state index contributed by atoms with van der Waals surface area (Å²) in [5.41, 5.74) is 2.66. The Bertz CT molecular complexity index is 346. The zero-order chi connectivity index (χ0) is 9.97. The molecule has 0 saturated carbocycles. The van der Waals surface area contributed by atoms with Gasteiger partial charge < -0.3 is 4.74 Å². The second kappa shape index (κ2) is 3.82. The van der Waals surface area contributed by atoms with E-state index in [4.69, 9.17) is 10.1 Å². The molecular formula is C12H15NO. The molecule has 0 spiro atoms. The SMILES string of the molecule is COC(=N)C1CCCc2ccccc21. The molecule has 0 radical (unpaired) electrons.